The molecule has 9 aromatic rings. The number of nitrogens with zero attached hydrogens (tertiary/aromatic N) is 4. The number of hydrogen-bond acceptors (Lipinski definition) is 5. The molecule has 230 valence electrons. The van der Waals surface area contributed by atoms with Gasteiger partial charge in [-0.15, -0.1) is 0 Å². The maximum absolute atomic E-state index is 6.29. The van der Waals surface area contributed by atoms with Gasteiger partial charge in [-0.25, -0.2) is 19.9 Å². The second kappa shape index (κ2) is 12.1. The van der Waals surface area contributed by atoms with Crippen LogP contribution in [0, 0.1) is 0 Å². The predicted molar refractivity (Wildman–Crippen MR) is 198 cm³/mol. The highest BCUT2D eigenvalue weighted by Crippen LogP contribution is 2.42. The van der Waals surface area contributed by atoms with Crippen LogP contribution in [0.5, 0.6) is 0 Å². The number of rotatable bonds is 6. The van der Waals surface area contributed by atoms with E-state index in [2.05, 4.69) is 66.7 Å². The van der Waals surface area contributed by atoms with Gasteiger partial charge in [0.2, 0.25) is 5.89 Å². The molecule has 5 heteroatoms. The van der Waals surface area contributed by atoms with Gasteiger partial charge >= 0.3 is 0 Å². The van der Waals surface area contributed by atoms with E-state index < -0.39 is 0 Å². The second-order valence-corrected chi connectivity index (χ2v) is 11.9. The van der Waals surface area contributed by atoms with Gasteiger partial charge < -0.3 is 4.42 Å². The zero-order valence-corrected chi connectivity index (χ0v) is 26.4. The molecule has 0 aliphatic carbocycles. The number of aromatic nitrogens is 4. The third kappa shape index (κ3) is 5.33. The first-order valence-electron chi connectivity index (χ1n) is 16.2. The average Bonchev–Trinajstić information content (AvgIpc) is 3.63. The monoisotopic (exact) mass is 628 g/mol. The molecule has 0 atom stereocenters. The number of para-hydroxylation sites is 1. The van der Waals surface area contributed by atoms with Gasteiger partial charge in [-0.3, -0.25) is 0 Å². The topological polar surface area (TPSA) is 64.7 Å². The van der Waals surface area contributed by atoms with Crippen molar-refractivity contribution < 1.29 is 4.42 Å². The molecule has 0 spiro atoms. The van der Waals surface area contributed by atoms with Gasteiger partial charge in [-0.05, 0) is 51.7 Å². The largest absolute Gasteiger partial charge is 0.436 e. The van der Waals surface area contributed by atoms with E-state index in [4.69, 9.17) is 24.4 Å². The van der Waals surface area contributed by atoms with Crippen molar-refractivity contribution in [3.63, 3.8) is 0 Å². The molecule has 49 heavy (non-hydrogen) atoms. The lowest BCUT2D eigenvalue weighted by molar-refractivity contribution is 0.620. The molecule has 2 aromatic heterocycles. The Kier molecular flexibility index (Phi) is 7.06. The van der Waals surface area contributed by atoms with Crippen LogP contribution in [0.2, 0.25) is 0 Å². The SMILES string of the molecule is c1ccc(-c2nc(-c3ccccc3)nc(-c3cccc(-c4c(-c5cccc6oc(-c7ccccc7)nc56)ccc5ccccc45)c3)n2)cc1. The Bertz CT molecular complexity index is 2540. The molecule has 0 unspecified atom stereocenters. The third-order valence-electron chi connectivity index (χ3n) is 8.77. The Morgan fingerprint density at radius 1 is 0.367 bits per heavy atom. The van der Waals surface area contributed by atoms with Crippen molar-refractivity contribution in [3.8, 4) is 67.9 Å². The van der Waals surface area contributed by atoms with Crippen molar-refractivity contribution >= 4 is 21.9 Å². The maximum atomic E-state index is 6.29. The van der Waals surface area contributed by atoms with E-state index in [0.29, 0.717) is 23.4 Å². The van der Waals surface area contributed by atoms with Crippen LogP contribution in [0.15, 0.2) is 174 Å². The van der Waals surface area contributed by atoms with Gasteiger partial charge in [0.25, 0.3) is 0 Å². The number of oxazole rings is 1. The molecule has 9 rings (SSSR count). The van der Waals surface area contributed by atoms with E-state index in [-0.39, 0.29) is 0 Å². The standard InChI is InChI=1S/C44H28N4O/c1-4-15-30(16-5-1)41-46-42(31-17-6-2-7-18-31)48-43(47-41)34-22-12-21-33(28-34)39-35-23-11-10-14-29(35)26-27-36(39)37-24-13-25-38-40(37)45-44(49-38)32-19-8-3-9-20-32/h1-28H. The highest BCUT2D eigenvalue weighted by Gasteiger charge is 2.19. The minimum Gasteiger partial charge on any atom is -0.436 e. The van der Waals surface area contributed by atoms with Crippen LogP contribution >= 0.6 is 0 Å². The Balaban J connectivity index is 1.24. The smallest absolute Gasteiger partial charge is 0.227 e. The predicted octanol–water partition coefficient (Wildman–Crippen LogP) is 11.2. The first kappa shape index (κ1) is 28.5. The van der Waals surface area contributed by atoms with Crippen LogP contribution in [0.25, 0.3) is 89.7 Å². The average molecular weight is 629 g/mol. The summed E-state index contributed by atoms with van der Waals surface area (Å²) in [5.74, 6) is 2.48. The van der Waals surface area contributed by atoms with Crippen LogP contribution in [0.3, 0.4) is 0 Å². The van der Waals surface area contributed by atoms with Crippen LogP contribution < -0.4 is 0 Å². The molecular weight excluding hydrogens is 601 g/mol. The van der Waals surface area contributed by atoms with Crippen LogP contribution in [0.1, 0.15) is 0 Å². The molecule has 0 bridgehead atoms. The van der Waals surface area contributed by atoms with Crippen molar-refractivity contribution in [1.29, 1.82) is 0 Å². The molecule has 0 N–H and O–H groups in total. The van der Waals surface area contributed by atoms with Crippen LogP contribution in [-0.4, -0.2) is 19.9 Å². The van der Waals surface area contributed by atoms with Gasteiger partial charge in [-0.2, -0.15) is 0 Å². The highest BCUT2D eigenvalue weighted by molar-refractivity contribution is 6.07. The lowest BCUT2D eigenvalue weighted by Crippen LogP contribution is -2.00. The highest BCUT2D eigenvalue weighted by atomic mass is 16.3. The molecule has 0 saturated carbocycles. The van der Waals surface area contributed by atoms with Crippen molar-refractivity contribution in [2.45, 2.75) is 0 Å². The lowest BCUT2D eigenvalue weighted by Gasteiger charge is -2.15. The summed E-state index contributed by atoms with van der Waals surface area (Å²) >= 11 is 0. The molecular formula is C44H28N4O. The Morgan fingerprint density at radius 2 is 0.918 bits per heavy atom. The number of fused-ring (bicyclic) bond motifs is 2. The van der Waals surface area contributed by atoms with Gasteiger partial charge in [0.1, 0.15) is 5.52 Å². The minimum absolute atomic E-state index is 0.602. The summed E-state index contributed by atoms with van der Waals surface area (Å²) in [6.07, 6.45) is 0. The number of benzene rings is 7. The first-order chi connectivity index (χ1) is 24.3. The van der Waals surface area contributed by atoms with Crippen molar-refractivity contribution in [3.05, 3.63) is 170 Å². The summed E-state index contributed by atoms with van der Waals surface area (Å²) in [5, 5.41) is 2.30. The summed E-state index contributed by atoms with van der Waals surface area (Å²) in [5.41, 5.74) is 9.53. The van der Waals surface area contributed by atoms with Gasteiger partial charge in [0.05, 0.1) is 0 Å². The van der Waals surface area contributed by atoms with E-state index in [9.17, 15) is 0 Å². The molecule has 7 aromatic carbocycles. The van der Waals surface area contributed by atoms with Gasteiger partial charge in [0.15, 0.2) is 23.1 Å². The minimum atomic E-state index is 0.602. The summed E-state index contributed by atoms with van der Waals surface area (Å²) in [7, 11) is 0. The van der Waals surface area contributed by atoms with E-state index in [1.54, 1.807) is 0 Å². The summed E-state index contributed by atoms with van der Waals surface area (Å²) in [6, 6.07) is 57.7. The molecule has 0 radical (unpaired) electrons. The third-order valence-corrected chi connectivity index (χ3v) is 8.77. The zero-order chi connectivity index (χ0) is 32.6. The van der Waals surface area contributed by atoms with Crippen LogP contribution in [0.4, 0.5) is 0 Å². The zero-order valence-electron chi connectivity index (χ0n) is 26.4. The molecule has 0 aliphatic heterocycles. The molecule has 0 aliphatic rings. The van der Waals surface area contributed by atoms with Crippen LogP contribution in [-0.2, 0) is 0 Å². The second-order valence-electron chi connectivity index (χ2n) is 11.9. The Hall–Kier alpha value is -6.72. The molecule has 0 fully saturated rings. The fourth-order valence-electron chi connectivity index (χ4n) is 6.43. The van der Waals surface area contributed by atoms with E-state index in [1.165, 1.54) is 0 Å². The number of hydrogen-bond donors (Lipinski definition) is 0. The normalized spacial score (nSPS) is 11.3. The quantitative estimate of drug-likeness (QED) is 0.183. The molecule has 2 heterocycles. The fraction of sp³-hybridized carbons (Fsp3) is 0. The first-order valence-corrected chi connectivity index (χ1v) is 16.2. The molecule has 0 amide bonds. The maximum Gasteiger partial charge on any atom is 0.227 e. The van der Waals surface area contributed by atoms with Gasteiger partial charge in [0, 0.05) is 27.8 Å². The molecule has 0 saturated heterocycles. The summed E-state index contributed by atoms with van der Waals surface area (Å²) in [4.78, 5) is 19.9. The molecule has 5 nitrogen and oxygen atoms in total. The Labute approximate surface area is 283 Å². The van der Waals surface area contributed by atoms with E-state index in [0.717, 1.165) is 66.4 Å². The lowest BCUT2D eigenvalue weighted by atomic mass is 9.88. The van der Waals surface area contributed by atoms with E-state index in [1.807, 2.05) is 103 Å². The van der Waals surface area contributed by atoms with Crippen molar-refractivity contribution in [1.82, 2.24) is 19.9 Å². The van der Waals surface area contributed by atoms with Crippen molar-refractivity contribution in [2.24, 2.45) is 0 Å². The van der Waals surface area contributed by atoms with E-state index >= 15 is 0 Å². The fourth-order valence-corrected chi connectivity index (χ4v) is 6.43. The Morgan fingerprint density at radius 3 is 1.61 bits per heavy atom. The summed E-state index contributed by atoms with van der Waals surface area (Å²) in [6.45, 7) is 0. The van der Waals surface area contributed by atoms with Gasteiger partial charge in [-0.1, -0.05) is 146 Å². The summed E-state index contributed by atoms with van der Waals surface area (Å²) < 4.78 is 6.29. The van der Waals surface area contributed by atoms with Crippen molar-refractivity contribution in [2.75, 3.05) is 0 Å².